The summed E-state index contributed by atoms with van der Waals surface area (Å²) in [4.78, 5) is 52.7. The van der Waals surface area contributed by atoms with Gasteiger partial charge in [0.15, 0.2) is 6.61 Å². The number of esters is 1. The molecule has 31 heavy (non-hydrogen) atoms. The summed E-state index contributed by atoms with van der Waals surface area (Å²) in [5, 5.41) is 0. The van der Waals surface area contributed by atoms with Crippen LogP contribution in [0.4, 0.5) is 0 Å². The Morgan fingerprint density at radius 1 is 0.968 bits per heavy atom. The largest absolute Gasteiger partial charge is 0.452 e. The molecule has 1 aliphatic rings. The predicted molar refractivity (Wildman–Crippen MR) is 115 cm³/mol. The summed E-state index contributed by atoms with van der Waals surface area (Å²) in [5.74, 6) is -1.76. The molecule has 7 heteroatoms. The standard InChI is InChI=1S/C24H26N2O5/c1-3-5-13-26-22(28)19-12-11-18(14-20(19)23(26)29)24(30)31-16-21(27)25(4-2)15-17-9-7-6-8-10-17/h6-12,14H,3-5,13,15-16H2,1-2H3. The van der Waals surface area contributed by atoms with Crippen LogP contribution in [-0.2, 0) is 16.1 Å². The molecule has 0 fully saturated rings. The summed E-state index contributed by atoms with van der Waals surface area (Å²) in [6, 6.07) is 13.8. The maximum atomic E-state index is 12.5. The Morgan fingerprint density at radius 2 is 1.68 bits per heavy atom. The third-order valence-electron chi connectivity index (χ3n) is 5.22. The zero-order valence-corrected chi connectivity index (χ0v) is 17.8. The van der Waals surface area contributed by atoms with Gasteiger partial charge in [-0.25, -0.2) is 4.79 Å². The zero-order chi connectivity index (χ0) is 22.4. The summed E-state index contributed by atoms with van der Waals surface area (Å²) in [5.41, 5.74) is 1.60. The molecule has 0 radical (unpaired) electrons. The van der Waals surface area contributed by atoms with Crippen LogP contribution in [0.5, 0.6) is 0 Å². The quantitative estimate of drug-likeness (QED) is 0.457. The van der Waals surface area contributed by atoms with Crippen LogP contribution < -0.4 is 0 Å². The number of ether oxygens (including phenoxy) is 1. The lowest BCUT2D eigenvalue weighted by Gasteiger charge is -2.20. The minimum absolute atomic E-state index is 0.135. The lowest BCUT2D eigenvalue weighted by molar-refractivity contribution is -0.134. The van der Waals surface area contributed by atoms with Crippen molar-refractivity contribution < 1.29 is 23.9 Å². The highest BCUT2D eigenvalue weighted by Gasteiger charge is 2.35. The third-order valence-corrected chi connectivity index (χ3v) is 5.22. The van der Waals surface area contributed by atoms with Crippen molar-refractivity contribution in [3.8, 4) is 0 Å². The van der Waals surface area contributed by atoms with Gasteiger partial charge in [0.25, 0.3) is 17.7 Å². The van der Waals surface area contributed by atoms with Crippen molar-refractivity contribution in [3.63, 3.8) is 0 Å². The van der Waals surface area contributed by atoms with Crippen molar-refractivity contribution in [2.45, 2.75) is 33.2 Å². The first kappa shape index (κ1) is 22.2. The first-order valence-electron chi connectivity index (χ1n) is 10.4. The van der Waals surface area contributed by atoms with Gasteiger partial charge in [-0.1, -0.05) is 43.7 Å². The molecule has 162 valence electrons. The number of hydrogen-bond donors (Lipinski definition) is 0. The molecule has 0 N–H and O–H groups in total. The second-order valence-corrected chi connectivity index (χ2v) is 7.35. The zero-order valence-electron chi connectivity index (χ0n) is 17.8. The van der Waals surface area contributed by atoms with Crippen LogP contribution in [0.25, 0.3) is 0 Å². The van der Waals surface area contributed by atoms with E-state index in [4.69, 9.17) is 4.74 Å². The number of carbonyl (C=O) groups excluding carboxylic acids is 4. The van der Waals surface area contributed by atoms with E-state index in [0.29, 0.717) is 19.6 Å². The number of imide groups is 1. The molecule has 3 amide bonds. The predicted octanol–water partition coefficient (Wildman–Crippen LogP) is 3.29. The van der Waals surface area contributed by atoms with Gasteiger partial charge in [-0.2, -0.15) is 0 Å². The number of hydrogen-bond acceptors (Lipinski definition) is 5. The van der Waals surface area contributed by atoms with E-state index in [1.165, 1.54) is 23.1 Å². The molecule has 3 rings (SSSR count). The van der Waals surface area contributed by atoms with E-state index in [0.717, 1.165) is 18.4 Å². The summed E-state index contributed by atoms with van der Waals surface area (Å²) in [7, 11) is 0. The summed E-state index contributed by atoms with van der Waals surface area (Å²) >= 11 is 0. The van der Waals surface area contributed by atoms with Crippen molar-refractivity contribution in [2.75, 3.05) is 19.7 Å². The molecule has 0 atom stereocenters. The summed E-state index contributed by atoms with van der Waals surface area (Å²) in [6.45, 7) is 4.70. The van der Waals surface area contributed by atoms with E-state index in [-0.39, 0.29) is 28.5 Å². The van der Waals surface area contributed by atoms with Crippen molar-refractivity contribution in [2.24, 2.45) is 0 Å². The highest BCUT2D eigenvalue weighted by Crippen LogP contribution is 2.24. The molecular formula is C24H26N2O5. The van der Waals surface area contributed by atoms with Gasteiger partial charge in [0.1, 0.15) is 0 Å². The van der Waals surface area contributed by atoms with E-state index in [2.05, 4.69) is 0 Å². The molecule has 2 aromatic carbocycles. The van der Waals surface area contributed by atoms with Gasteiger partial charge in [0.05, 0.1) is 16.7 Å². The number of likely N-dealkylation sites (N-methyl/N-ethyl adjacent to an activating group) is 1. The Morgan fingerprint density at radius 3 is 2.35 bits per heavy atom. The van der Waals surface area contributed by atoms with E-state index in [9.17, 15) is 19.2 Å². The minimum Gasteiger partial charge on any atom is -0.452 e. The maximum Gasteiger partial charge on any atom is 0.338 e. The number of fused-ring (bicyclic) bond motifs is 1. The summed E-state index contributed by atoms with van der Waals surface area (Å²) in [6.07, 6.45) is 1.58. The molecule has 0 aromatic heterocycles. The fraction of sp³-hybridized carbons (Fsp3) is 0.333. The van der Waals surface area contributed by atoms with Gasteiger partial charge in [0.2, 0.25) is 0 Å². The van der Waals surface area contributed by atoms with Gasteiger partial charge < -0.3 is 9.64 Å². The average molecular weight is 422 g/mol. The number of rotatable bonds is 9. The first-order chi connectivity index (χ1) is 15.0. The maximum absolute atomic E-state index is 12.5. The normalized spacial score (nSPS) is 12.6. The monoisotopic (exact) mass is 422 g/mol. The van der Waals surface area contributed by atoms with Crippen LogP contribution in [-0.4, -0.2) is 53.2 Å². The van der Waals surface area contributed by atoms with Crippen molar-refractivity contribution in [3.05, 3.63) is 70.8 Å². The smallest absolute Gasteiger partial charge is 0.338 e. The Kier molecular flexibility index (Phi) is 7.18. The van der Waals surface area contributed by atoms with E-state index in [1.54, 1.807) is 4.90 Å². The number of nitrogens with zero attached hydrogens (tertiary/aromatic N) is 2. The number of amides is 3. The van der Waals surface area contributed by atoms with Gasteiger partial charge in [0, 0.05) is 19.6 Å². The molecule has 0 bridgehead atoms. The number of unbranched alkanes of at least 4 members (excludes halogenated alkanes) is 1. The molecule has 0 saturated heterocycles. The van der Waals surface area contributed by atoms with Crippen LogP contribution in [0.1, 0.15) is 63.3 Å². The molecule has 1 heterocycles. The Labute approximate surface area is 181 Å². The van der Waals surface area contributed by atoms with Gasteiger partial charge in [-0.3, -0.25) is 19.3 Å². The second-order valence-electron chi connectivity index (χ2n) is 7.35. The molecule has 0 aliphatic carbocycles. The van der Waals surface area contributed by atoms with Crippen LogP contribution in [0, 0.1) is 0 Å². The topological polar surface area (TPSA) is 84.0 Å². The van der Waals surface area contributed by atoms with Gasteiger partial charge in [-0.05, 0) is 37.1 Å². The molecule has 0 unspecified atom stereocenters. The number of carbonyl (C=O) groups is 4. The fourth-order valence-electron chi connectivity index (χ4n) is 3.42. The SMILES string of the molecule is CCCCN1C(=O)c2ccc(C(=O)OCC(=O)N(CC)Cc3ccccc3)cc2C1=O. The average Bonchev–Trinajstić information content (AvgIpc) is 3.03. The Hall–Kier alpha value is -3.48. The van der Waals surface area contributed by atoms with Crippen molar-refractivity contribution >= 4 is 23.7 Å². The molecule has 1 aliphatic heterocycles. The second kappa shape index (κ2) is 10.0. The molecule has 0 spiro atoms. The minimum atomic E-state index is -0.709. The first-order valence-corrected chi connectivity index (χ1v) is 10.4. The van der Waals surface area contributed by atoms with E-state index < -0.39 is 18.5 Å². The van der Waals surface area contributed by atoms with E-state index in [1.807, 2.05) is 44.2 Å². The molecule has 2 aromatic rings. The van der Waals surface area contributed by atoms with Gasteiger partial charge in [-0.15, -0.1) is 0 Å². The Balaban J connectivity index is 1.63. The molecule has 0 saturated carbocycles. The highest BCUT2D eigenvalue weighted by atomic mass is 16.5. The van der Waals surface area contributed by atoms with Gasteiger partial charge >= 0.3 is 5.97 Å². The highest BCUT2D eigenvalue weighted by molar-refractivity contribution is 6.22. The summed E-state index contributed by atoms with van der Waals surface area (Å²) < 4.78 is 5.18. The Bertz CT molecular complexity index is 987. The van der Waals surface area contributed by atoms with Crippen LogP contribution in [0.2, 0.25) is 0 Å². The fourth-order valence-corrected chi connectivity index (χ4v) is 3.42. The van der Waals surface area contributed by atoms with Crippen LogP contribution in [0.3, 0.4) is 0 Å². The lowest BCUT2D eigenvalue weighted by atomic mass is 10.1. The third kappa shape index (κ3) is 4.99. The van der Waals surface area contributed by atoms with Crippen molar-refractivity contribution in [1.29, 1.82) is 0 Å². The van der Waals surface area contributed by atoms with Crippen molar-refractivity contribution in [1.82, 2.24) is 9.80 Å². The molecule has 7 nitrogen and oxygen atoms in total. The number of benzene rings is 2. The van der Waals surface area contributed by atoms with Crippen LogP contribution >= 0.6 is 0 Å². The molecular weight excluding hydrogens is 396 g/mol. The lowest BCUT2D eigenvalue weighted by Crippen LogP contribution is -2.34. The van der Waals surface area contributed by atoms with Crippen LogP contribution in [0.15, 0.2) is 48.5 Å². The van der Waals surface area contributed by atoms with E-state index >= 15 is 0 Å².